The maximum atomic E-state index is 12.3. The fourth-order valence-corrected chi connectivity index (χ4v) is 5.18. The molecule has 0 aliphatic heterocycles. The SMILES string of the molecule is CC(=O)S.CCCCCCCCCCCCCCCC(CCCCCCCCC)C(C)(C)C(=O)O[Si]. The molecule has 0 aliphatic carbocycles. The number of unbranched alkanes of at least 4 members (excludes halogenated alkanes) is 18. The topological polar surface area (TPSA) is 43.4 Å². The minimum atomic E-state index is -0.402. The van der Waals surface area contributed by atoms with Crippen LogP contribution in [0.4, 0.5) is 0 Å². The lowest BCUT2D eigenvalue weighted by molar-refractivity contribution is -0.147. The first-order chi connectivity index (χ1) is 17.2. The van der Waals surface area contributed by atoms with Gasteiger partial charge in [0.05, 0.1) is 5.41 Å². The van der Waals surface area contributed by atoms with Crippen LogP contribution < -0.4 is 0 Å². The molecular weight excluding hydrogens is 480 g/mol. The Bertz CT molecular complexity index is 492. The highest BCUT2D eigenvalue weighted by Gasteiger charge is 2.36. The number of thiol groups is 1. The van der Waals surface area contributed by atoms with Gasteiger partial charge in [0.2, 0.25) is 0 Å². The smallest absolute Gasteiger partial charge is 0.345 e. The average molecular weight is 542 g/mol. The molecule has 1 unspecified atom stereocenters. The summed E-state index contributed by atoms with van der Waals surface area (Å²) in [7, 11) is 2.98. The van der Waals surface area contributed by atoms with Crippen molar-refractivity contribution in [3.63, 3.8) is 0 Å². The van der Waals surface area contributed by atoms with Crippen LogP contribution in [-0.2, 0) is 14.0 Å². The first-order valence-corrected chi connectivity index (χ1v) is 16.2. The summed E-state index contributed by atoms with van der Waals surface area (Å²) < 4.78 is 4.95. The summed E-state index contributed by atoms with van der Waals surface area (Å²) in [6.45, 7) is 10.1. The van der Waals surface area contributed by atoms with E-state index in [1.54, 1.807) is 0 Å². The Morgan fingerprint density at radius 3 is 1.14 bits per heavy atom. The molecule has 0 spiro atoms. The third kappa shape index (κ3) is 25.4. The van der Waals surface area contributed by atoms with Crippen molar-refractivity contribution in [2.75, 3.05) is 0 Å². The monoisotopic (exact) mass is 541 g/mol. The van der Waals surface area contributed by atoms with Gasteiger partial charge in [0.1, 0.15) is 0 Å². The Labute approximate surface area is 235 Å². The predicted octanol–water partition coefficient (Wildman–Crippen LogP) is 10.3. The van der Waals surface area contributed by atoms with Crippen LogP contribution in [0.2, 0.25) is 0 Å². The van der Waals surface area contributed by atoms with E-state index in [-0.39, 0.29) is 11.1 Å². The molecule has 0 fully saturated rings. The highest BCUT2D eigenvalue weighted by atomic mass is 32.1. The van der Waals surface area contributed by atoms with Crippen molar-refractivity contribution in [2.24, 2.45) is 11.3 Å². The molecule has 0 N–H and O–H groups in total. The molecule has 3 nitrogen and oxygen atoms in total. The molecule has 0 saturated heterocycles. The van der Waals surface area contributed by atoms with Crippen molar-refractivity contribution >= 4 is 34.2 Å². The summed E-state index contributed by atoms with van der Waals surface area (Å²) in [4.78, 5) is 21.7. The first-order valence-electron chi connectivity index (χ1n) is 15.3. The second-order valence-electron chi connectivity index (χ2n) is 11.3. The van der Waals surface area contributed by atoms with Crippen molar-refractivity contribution in [1.29, 1.82) is 0 Å². The quantitative estimate of drug-likeness (QED) is 0.0750. The van der Waals surface area contributed by atoms with Crippen LogP contribution in [0.3, 0.4) is 0 Å². The molecule has 0 aliphatic rings. The zero-order chi connectivity index (χ0) is 27.5. The van der Waals surface area contributed by atoms with E-state index in [0.29, 0.717) is 5.92 Å². The van der Waals surface area contributed by atoms with Gasteiger partial charge in [0, 0.05) is 6.92 Å². The van der Waals surface area contributed by atoms with Crippen molar-refractivity contribution in [3.05, 3.63) is 0 Å². The Morgan fingerprint density at radius 1 is 0.639 bits per heavy atom. The van der Waals surface area contributed by atoms with Crippen LogP contribution >= 0.6 is 12.6 Å². The molecule has 0 saturated carbocycles. The molecule has 3 radical (unpaired) electrons. The van der Waals surface area contributed by atoms with E-state index < -0.39 is 5.41 Å². The largest absolute Gasteiger partial charge is 0.516 e. The van der Waals surface area contributed by atoms with Gasteiger partial charge < -0.3 is 4.43 Å². The third-order valence-electron chi connectivity index (χ3n) is 7.45. The Hall–Kier alpha value is -0.293. The van der Waals surface area contributed by atoms with Gasteiger partial charge >= 0.3 is 10.5 Å². The molecule has 1 atom stereocenters. The molecule has 5 heteroatoms. The summed E-state index contributed by atoms with van der Waals surface area (Å²) in [5, 5.41) is -0.139. The van der Waals surface area contributed by atoms with Crippen LogP contribution in [0.15, 0.2) is 0 Å². The van der Waals surface area contributed by atoms with Crippen molar-refractivity contribution in [2.45, 2.75) is 176 Å². The number of rotatable bonds is 24. The zero-order valence-electron chi connectivity index (χ0n) is 24.8. The lowest BCUT2D eigenvalue weighted by Crippen LogP contribution is -2.34. The second-order valence-corrected chi connectivity index (χ2v) is 12.1. The molecule has 0 heterocycles. The Morgan fingerprint density at radius 2 is 0.889 bits per heavy atom. The number of carbonyl (C=O) groups excluding carboxylic acids is 2. The highest BCUT2D eigenvalue weighted by Crippen LogP contribution is 2.36. The molecule has 36 heavy (non-hydrogen) atoms. The van der Waals surface area contributed by atoms with Gasteiger partial charge in [-0.2, -0.15) is 0 Å². The molecule has 0 aromatic carbocycles. The van der Waals surface area contributed by atoms with Gasteiger partial charge in [-0.15, -0.1) is 12.6 Å². The van der Waals surface area contributed by atoms with Crippen LogP contribution in [0.1, 0.15) is 176 Å². The van der Waals surface area contributed by atoms with Gasteiger partial charge in [0.25, 0.3) is 5.97 Å². The van der Waals surface area contributed by atoms with E-state index in [2.05, 4.69) is 50.8 Å². The number of hydrogen-bond donors (Lipinski definition) is 1. The van der Waals surface area contributed by atoms with E-state index in [0.717, 1.165) is 12.8 Å². The van der Waals surface area contributed by atoms with Crippen LogP contribution in [0, 0.1) is 11.3 Å². The molecular formula is C31H61O3SSi. The van der Waals surface area contributed by atoms with Gasteiger partial charge in [-0.1, -0.05) is 142 Å². The molecule has 0 aromatic heterocycles. The van der Waals surface area contributed by atoms with Crippen LogP contribution in [0.25, 0.3) is 0 Å². The molecule has 0 aromatic rings. The highest BCUT2D eigenvalue weighted by molar-refractivity contribution is 7.96. The van der Waals surface area contributed by atoms with E-state index in [4.69, 9.17) is 4.43 Å². The molecule has 0 bridgehead atoms. The van der Waals surface area contributed by atoms with E-state index >= 15 is 0 Å². The number of hydrogen-bond acceptors (Lipinski definition) is 3. The van der Waals surface area contributed by atoms with Crippen molar-refractivity contribution < 1.29 is 14.0 Å². The predicted molar refractivity (Wildman–Crippen MR) is 162 cm³/mol. The van der Waals surface area contributed by atoms with Gasteiger partial charge in [-0.3, -0.25) is 9.59 Å². The maximum Gasteiger partial charge on any atom is 0.345 e. The fourth-order valence-electron chi connectivity index (χ4n) is 4.92. The van der Waals surface area contributed by atoms with Gasteiger partial charge in [-0.05, 0) is 32.6 Å². The second kappa shape index (κ2) is 27.7. The minimum Gasteiger partial charge on any atom is -0.516 e. The maximum absolute atomic E-state index is 12.3. The Balaban J connectivity index is 0. The lowest BCUT2D eigenvalue weighted by Gasteiger charge is -2.32. The van der Waals surface area contributed by atoms with Gasteiger partial charge in [0.15, 0.2) is 5.12 Å². The standard InChI is InChI=1S/C29H57O2Si.C2H4OS/c1-5-7-9-11-13-14-15-16-17-18-20-22-24-26-27(29(3,4)28(30)31-32)25-23-21-19-12-10-8-6-2;1-2(3)4/h27H,5-26H2,1-4H3;1H3,(H,3,4). The summed E-state index contributed by atoms with van der Waals surface area (Å²) in [6.07, 6.45) is 29.6. The van der Waals surface area contributed by atoms with E-state index in [9.17, 15) is 9.59 Å². The number of carbonyl (C=O) groups is 2. The normalized spacial score (nSPS) is 12.1. The van der Waals surface area contributed by atoms with Gasteiger partial charge in [-0.25, -0.2) is 0 Å². The molecule has 0 amide bonds. The van der Waals surface area contributed by atoms with Crippen LogP contribution in [-0.4, -0.2) is 21.6 Å². The summed E-state index contributed by atoms with van der Waals surface area (Å²) in [6, 6.07) is 0. The first kappa shape index (κ1) is 37.9. The molecule has 0 rings (SSSR count). The zero-order valence-corrected chi connectivity index (χ0v) is 26.7. The molecule has 213 valence electrons. The minimum absolute atomic E-state index is 0.114. The third-order valence-corrected chi connectivity index (χ3v) is 7.64. The van der Waals surface area contributed by atoms with E-state index in [1.807, 2.05) is 0 Å². The Kier molecular flexibility index (Phi) is 29.2. The fraction of sp³-hybridized carbons (Fsp3) is 0.935. The van der Waals surface area contributed by atoms with Crippen molar-refractivity contribution in [1.82, 2.24) is 0 Å². The van der Waals surface area contributed by atoms with E-state index in [1.165, 1.54) is 135 Å². The lowest BCUT2D eigenvalue weighted by atomic mass is 9.73. The average Bonchev–Trinajstić information content (AvgIpc) is 2.83. The summed E-state index contributed by atoms with van der Waals surface area (Å²) in [5.74, 6) is 0.312. The van der Waals surface area contributed by atoms with Crippen molar-refractivity contribution in [3.8, 4) is 0 Å². The summed E-state index contributed by atoms with van der Waals surface area (Å²) >= 11 is 3.33. The summed E-state index contributed by atoms with van der Waals surface area (Å²) in [5.41, 5.74) is -0.402. The van der Waals surface area contributed by atoms with Crippen LogP contribution in [0.5, 0.6) is 0 Å².